The zero-order valence-electron chi connectivity index (χ0n) is 3.79. The van der Waals surface area contributed by atoms with E-state index < -0.39 is 0 Å². The van der Waals surface area contributed by atoms with E-state index in [4.69, 9.17) is 8.37 Å². The van der Waals surface area contributed by atoms with Gasteiger partial charge in [0, 0.05) is 0 Å². The third-order valence-corrected chi connectivity index (χ3v) is 1.06. The van der Waals surface area contributed by atoms with Crippen LogP contribution in [0.3, 0.4) is 0 Å². The van der Waals surface area contributed by atoms with E-state index in [1.54, 1.807) is 0 Å². The third-order valence-electron chi connectivity index (χ3n) is 0.591. The van der Waals surface area contributed by atoms with E-state index in [1.807, 2.05) is 12.2 Å². The fraction of sp³-hybridized carbons (Fsp3) is 0.500. The molecule has 0 aliphatic carbocycles. The van der Waals surface area contributed by atoms with Crippen LogP contribution in [0.2, 0.25) is 0 Å². The van der Waals surface area contributed by atoms with Crippen LogP contribution in [-0.4, -0.2) is 13.2 Å². The van der Waals surface area contributed by atoms with Crippen molar-refractivity contribution in [2.45, 2.75) is 0 Å². The molecule has 1 rings (SSSR count). The number of rotatable bonds is 0. The minimum atomic E-state index is 0.657. The fourth-order valence-corrected chi connectivity index (χ4v) is 0.641. The van der Waals surface area contributed by atoms with Crippen LogP contribution in [0.15, 0.2) is 12.2 Å². The van der Waals surface area contributed by atoms with Gasteiger partial charge in [-0.25, -0.2) is 0 Å². The fourth-order valence-electron chi connectivity index (χ4n) is 0.304. The summed E-state index contributed by atoms with van der Waals surface area (Å²) in [6, 6.07) is 0. The molecule has 0 fully saturated rings. The summed E-state index contributed by atoms with van der Waals surface area (Å²) in [5.41, 5.74) is 0. The molecule has 0 amide bonds. The van der Waals surface area contributed by atoms with E-state index in [1.165, 1.54) is 0 Å². The van der Waals surface area contributed by atoms with E-state index in [9.17, 15) is 0 Å². The van der Waals surface area contributed by atoms with Crippen molar-refractivity contribution < 1.29 is 8.37 Å². The highest BCUT2D eigenvalue weighted by molar-refractivity contribution is 7.89. The highest BCUT2D eigenvalue weighted by Crippen LogP contribution is 2.06. The minimum absolute atomic E-state index is 0.657. The minimum Gasteiger partial charge on any atom is -0.287 e. The van der Waals surface area contributed by atoms with E-state index in [2.05, 4.69) is 0 Å². The third kappa shape index (κ3) is 1.97. The monoisotopic (exact) mass is 118 g/mol. The van der Waals surface area contributed by atoms with Gasteiger partial charge in [0.05, 0.1) is 13.2 Å². The molecule has 1 aliphatic rings. The van der Waals surface area contributed by atoms with Gasteiger partial charge in [0.2, 0.25) is 0 Å². The molecule has 0 aromatic rings. The largest absolute Gasteiger partial charge is 0.287 e. The molecule has 0 aromatic carbocycles. The Morgan fingerprint density at radius 2 is 1.71 bits per heavy atom. The first-order valence-corrected chi connectivity index (χ1v) is 2.73. The summed E-state index contributed by atoms with van der Waals surface area (Å²) in [4.78, 5) is 0. The molecule has 0 N–H and O–H groups in total. The van der Waals surface area contributed by atoms with Gasteiger partial charge in [0.25, 0.3) is 0 Å². The molecule has 3 heteroatoms. The second kappa shape index (κ2) is 3.07. The van der Waals surface area contributed by atoms with Crippen molar-refractivity contribution in [2.75, 3.05) is 13.2 Å². The van der Waals surface area contributed by atoms with E-state index in [0.717, 1.165) is 12.3 Å². The summed E-state index contributed by atoms with van der Waals surface area (Å²) in [6.07, 6.45) is 3.86. The quantitative estimate of drug-likeness (QED) is 0.351. The highest BCUT2D eigenvalue weighted by Gasteiger charge is 1.89. The Labute approximate surface area is 46.9 Å². The van der Waals surface area contributed by atoms with Crippen molar-refractivity contribution in [1.82, 2.24) is 0 Å². The maximum atomic E-state index is 4.80. The SMILES string of the molecule is C1=CCOSOC1. The Morgan fingerprint density at radius 1 is 1.14 bits per heavy atom. The van der Waals surface area contributed by atoms with Crippen LogP contribution >= 0.6 is 12.3 Å². The normalized spacial score (nSPS) is 21.7. The molecule has 1 aliphatic heterocycles. The molecule has 0 radical (unpaired) electrons. The first-order valence-electron chi connectivity index (χ1n) is 2.06. The first-order chi connectivity index (χ1) is 3.50. The van der Waals surface area contributed by atoms with Gasteiger partial charge in [-0.05, 0) is 0 Å². The zero-order chi connectivity index (χ0) is 4.95. The molecule has 0 unspecified atom stereocenters. The maximum absolute atomic E-state index is 4.80. The lowest BCUT2D eigenvalue weighted by atomic mass is 10.5. The van der Waals surface area contributed by atoms with Gasteiger partial charge in [-0.3, -0.25) is 8.37 Å². The summed E-state index contributed by atoms with van der Waals surface area (Å²) in [5, 5.41) is 0. The second-order valence-electron chi connectivity index (χ2n) is 1.11. The predicted molar refractivity (Wildman–Crippen MR) is 28.6 cm³/mol. The van der Waals surface area contributed by atoms with Crippen LogP contribution in [0.4, 0.5) is 0 Å². The van der Waals surface area contributed by atoms with Crippen molar-refractivity contribution in [3.63, 3.8) is 0 Å². The Bertz CT molecular complexity index is 64.1. The number of hydrogen-bond donors (Lipinski definition) is 0. The summed E-state index contributed by atoms with van der Waals surface area (Å²) in [5.74, 6) is 0. The average molecular weight is 118 g/mol. The number of hydrogen-bond acceptors (Lipinski definition) is 3. The molecule has 7 heavy (non-hydrogen) atoms. The maximum Gasteiger partial charge on any atom is 0.159 e. The van der Waals surface area contributed by atoms with E-state index >= 15 is 0 Å². The summed E-state index contributed by atoms with van der Waals surface area (Å²) >= 11 is 1.05. The summed E-state index contributed by atoms with van der Waals surface area (Å²) < 4.78 is 9.60. The second-order valence-corrected chi connectivity index (χ2v) is 1.72. The molecule has 0 atom stereocenters. The highest BCUT2D eigenvalue weighted by atomic mass is 32.2. The van der Waals surface area contributed by atoms with Gasteiger partial charge in [0.1, 0.15) is 0 Å². The Balaban J connectivity index is 2.20. The van der Waals surface area contributed by atoms with Crippen LogP contribution < -0.4 is 0 Å². The van der Waals surface area contributed by atoms with Gasteiger partial charge >= 0.3 is 0 Å². The van der Waals surface area contributed by atoms with Crippen LogP contribution in [0, 0.1) is 0 Å². The molecular weight excluding hydrogens is 112 g/mol. The van der Waals surface area contributed by atoms with Crippen molar-refractivity contribution in [1.29, 1.82) is 0 Å². The van der Waals surface area contributed by atoms with Crippen molar-refractivity contribution >= 4 is 12.3 Å². The molecule has 0 aromatic heterocycles. The van der Waals surface area contributed by atoms with Crippen LogP contribution in [0.25, 0.3) is 0 Å². The van der Waals surface area contributed by atoms with Crippen LogP contribution in [0.1, 0.15) is 0 Å². The van der Waals surface area contributed by atoms with Gasteiger partial charge < -0.3 is 0 Å². The first kappa shape index (κ1) is 5.15. The summed E-state index contributed by atoms with van der Waals surface area (Å²) in [6.45, 7) is 1.31. The van der Waals surface area contributed by atoms with Gasteiger partial charge in [-0.2, -0.15) is 0 Å². The molecule has 1 heterocycles. The Kier molecular flexibility index (Phi) is 2.26. The van der Waals surface area contributed by atoms with Crippen LogP contribution in [0.5, 0.6) is 0 Å². The van der Waals surface area contributed by atoms with Gasteiger partial charge in [0.15, 0.2) is 12.3 Å². The smallest absolute Gasteiger partial charge is 0.159 e. The topological polar surface area (TPSA) is 18.5 Å². The molecular formula is C4H6O2S. The standard InChI is InChI=1S/C4H6O2S/c1-2-4-6-7-5-3-1/h1-2H,3-4H2. The molecule has 0 spiro atoms. The Hall–Kier alpha value is 0.01000. The predicted octanol–water partition coefficient (Wildman–Crippen LogP) is 1.15. The molecule has 2 nitrogen and oxygen atoms in total. The lowest BCUT2D eigenvalue weighted by molar-refractivity contribution is 0.345. The van der Waals surface area contributed by atoms with Gasteiger partial charge in [-0.1, -0.05) is 12.2 Å². The molecule has 0 bridgehead atoms. The summed E-state index contributed by atoms with van der Waals surface area (Å²) in [7, 11) is 0. The Morgan fingerprint density at radius 3 is 2.29 bits per heavy atom. The average Bonchev–Trinajstić information content (AvgIpc) is 1.90. The van der Waals surface area contributed by atoms with Crippen molar-refractivity contribution in [3.05, 3.63) is 12.2 Å². The van der Waals surface area contributed by atoms with Crippen LogP contribution in [-0.2, 0) is 8.37 Å². The lowest BCUT2D eigenvalue weighted by Crippen LogP contribution is -1.75. The zero-order valence-corrected chi connectivity index (χ0v) is 4.61. The van der Waals surface area contributed by atoms with Crippen molar-refractivity contribution in [2.24, 2.45) is 0 Å². The lowest BCUT2D eigenvalue weighted by Gasteiger charge is -1.89. The molecule has 0 saturated carbocycles. The van der Waals surface area contributed by atoms with E-state index in [0.29, 0.717) is 13.2 Å². The van der Waals surface area contributed by atoms with Crippen molar-refractivity contribution in [3.8, 4) is 0 Å². The molecule has 40 valence electrons. The molecule has 0 saturated heterocycles. The van der Waals surface area contributed by atoms with E-state index in [-0.39, 0.29) is 0 Å². The van der Waals surface area contributed by atoms with Gasteiger partial charge in [-0.15, -0.1) is 0 Å².